The van der Waals surface area contributed by atoms with Crippen molar-refractivity contribution in [3.05, 3.63) is 77.6 Å². The number of rotatable bonds is 3. The Kier molecular flexibility index (Phi) is 3.33. The van der Waals surface area contributed by atoms with Gasteiger partial charge in [0.15, 0.2) is 11.6 Å². The molecule has 0 unspecified atom stereocenters. The van der Waals surface area contributed by atoms with E-state index in [1.165, 1.54) is 0 Å². The molecule has 0 radical (unpaired) electrons. The Hall–Kier alpha value is -2.70. The number of hydrogen-bond acceptors (Lipinski definition) is 3. The topological polar surface area (TPSA) is 70.8 Å². The number of aliphatic hydroxyl groups excluding tert-OH is 1. The van der Waals surface area contributed by atoms with E-state index < -0.39 is 6.10 Å². The van der Waals surface area contributed by atoms with Gasteiger partial charge in [0.2, 0.25) is 6.33 Å². The van der Waals surface area contributed by atoms with Crippen molar-refractivity contribution in [3.8, 4) is 5.69 Å². The summed E-state index contributed by atoms with van der Waals surface area (Å²) >= 11 is 6.13. The van der Waals surface area contributed by atoms with E-state index in [0.717, 1.165) is 11.2 Å². The van der Waals surface area contributed by atoms with Crippen LogP contribution in [0.15, 0.2) is 61.2 Å². The van der Waals surface area contributed by atoms with Gasteiger partial charge in [-0.05, 0) is 12.1 Å². The quantitative estimate of drug-likeness (QED) is 0.566. The average molecular weight is 327 g/mol. The van der Waals surface area contributed by atoms with Gasteiger partial charge in [-0.25, -0.2) is 9.67 Å². The van der Waals surface area contributed by atoms with Crippen LogP contribution in [0, 0.1) is 0 Å². The number of aromatic nitrogens is 5. The fourth-order valence-corrected chi connectivity index (χ4v) is 2.76. The number of imidazole rings is 1. The lowest BCUT2D eigenvalue weighted by molar-refractivity contribution is -0.526. The number of aromatic amines is 1. The van der Waals surface area contributed by atoms with Crippen LogP contribution in [-0.2, 0) is 0 Å². The standard InChI is InChI=1S/C16H12ClN5O/c17-11-6-13-8-18-10-21(13)15(7-11)16(23)14-9-22(20-19-14)12-4-2-1-3-5-12/h1-10,16,23H/p+1/t16-/m0/s1. The summed E-state index contributed by atoms with van der Waals surface area (Å²) < 4.78 is 3.46. The average Bonchev–Trinajstić information content (AvgIpc) is 3.23. The van der Waals surface area contributed by atoms with Crippen molar-refractivity contribution in [1.82, 2.24) is 20.0 Å². The van der Waals surface area contributed by atoms with Crippen molar-refractivity contribution in [3.63, 3.8) is 0 Å². The highest BCUT2D eigenvalue weighted by atomic mass is 35.5. The van der Waals surface area contributed by atoms with E-state index in [2.05, 4.69) is 15.3 Å². The first-order valence-electron chi connectivity index (χ1n) is 7.06. The highest BCUT2D eigenvalue weighted by Gasteiger charge is 2.22. The number of fused-ring (bicyclic) bond motifs is 1. The van der Waals surface area contributed by atoms with Crippen LogP contribution in [0.1, 0.15) is 17.5 Å². The van der Waals surface area contributed by atoms with Gasteiger partial charge in [-0.2, -0.15) is 4.40 Å². The Balaban J connectivity index is 1.76. The minimum absolute atomic E-state index is 0.450. The number of para-hydroxylation sites is 1. The number of benzene rings is 1. The van der Waals surface area contributed by atoms with Crippen molar-refractivity contribution >= 4 is 17.1 Å². The predicted molar refractivity (Wildman–Crippen MR) is 84.4 cm³/mol. The predicted octanol–water partition coefficient (Wildman–Crippen LogP) is 2.07. The van der Waals surface area contributed by atoms with E-state index in [-0.39, 0.29) is 0 Å². The fourth-order valence-electron chi connectivity index (χ4n) is 2.54. The molecule has 6 nitrogen and oxygen atoms in total. The molecule has 7 heteroatoms. The molecular weight excluding hydrogens is 314 g/mol. The van der Waals surface area contributed by atoms with Crippen LogP contribution in [0.25, 0.3) is 11.2 Å². The molecule has 0 spiro atoms. The summed E-state index contributed by atoms with van der Waals surface area (Å²) in [6, 6.07) is 13.1. The second-order valence-electron chi connectivity index (χ2n) is 5.16. The van der Waals surface area contributed by atoms with Gasteiger partial charge in [0, 0.05) is 17.2 Å². The van der Waals surface area contributed by atoms with Gasteiger partial charge in [0.1, 0.15) is 17.6 Å². The highest BCUT2D eigenvalue weighted by Crippen LogP contribution is 2.21. The summed E-state index contributed by atoms with van der Waals surface area (Å²) in [6.45, 7) is 0. The van der Waals surface area contributed by atoms with Crippen LogP contribution in [0.4, 0.5) is 0 Å². The Morgan fingerprint density at radius 3 is 2.87 bits per heavy atom. The van der Waals surface area contributed by atoms with Crippen molar-refractivity contribution in [1.29, 1.82) is 0 Å². The van der Waals surface area contributed by atoms with Gasteiger partial charge in [-0.15, -0.1) is 5.10 Å². The summed E-state index contributed by atoms with van der Waals surface area (Å²) in [5.74, 6) is 0. The lowest BCUT2D eigenvalue weighted by Gasteiger charge is -2.06. The number of aliphatic hydroxyl groups is 1. The molecule has 1 atom stereocenters. The summed E-state index contributed by atoms with van der Waals surface area (Å²) in [5, 5.41) is 19.4. The largest absolute Gasteiger partial charge is 0.378 e. The molecule has 0 amide bonds. The molecule has 3 heterocycles. The van der Waals surface area contributed by atoms with Crippen molar-refractivity contribution in [2.45, 2.75) is 6.10 Å². The molecular formula is C16H13ClN5O+. The van der Waals surface area contributed by atoms with Gasteiger partial charge < -0.3 is 5.11 Å². The molecule has 0 aliphatic heterocycles. The lowest BCUT2D eigenvalue weighted by Crippen LogP contribution is -2.27. The molecule has 2 N–H and O–H groups in total. The maximum atomic E-state index is 10.7. The van der Waals surface area contributed by atoms with E-state index in [1.54, 1.807) is 23.3 Å². The zero-order chi connectivity index (χ0) is 15.8. The molecule has 0 saturated heterocycles. The number of nitrogens with one attached hydrogen (secondary N) is 1. The highest BCUT2D eigenvalue weighted by molar-refractivity contribution is 6.30. The first kappa shape index (κ1) is 13.9. The normalized spacial score (nSPS) is 12.6. The smallest absolute Gasteiger partial charge is 0.247 e. The van der Waals surface area contributed by atoms with Crippen LogP contribution >= 0.6 is 11.6 Å². The van der Waals surface area contributed by atoms with Gasteiger partial charge in [0.25, 0.3) is 0 Å². The molecule has 0 saturated carbocycles. The molecule has 114 valence electrons. The Bertz CT molecular complexity index is 963. The second-order valence-corrected chi connectivity index (χ2v) is 5.60. The summed E-state index contributed by atoms with van der Waals surface area (Å²) in [6.07, 6.45) is 4.34. The first-order valence-corrected chi connectivity index (χ1v) is 7.43. The number of nitrogens with zero attached hydrogens (tertiary/aromatic N) is 4. The van der Waals surface area contributed by atoms with E-state index in [1.807, 2.05) is 47.0 Å². The first-order chi connectivity index (χ1) is 11.2. The zero-order valence-corrected chi connectivity index (χ0v) is 12.7. The Morgan fingerprint density at radius 2 is 2.04 bits per heavy atom. The summed E-state index contributed by atoms with van der Waals surface area (Å²) in [4.78, 5) is 2.99. The Morgan fingerprint density at radius 1 is 1.22 bits per heavy atom. The zero-order valence-electron chi connectivity index (χ0n) is 12.0. The van der Waals surface area contributed by atoms with Gasteiger partial charge in [0.05, 0.1) is 11.9 Å². The number of H-pyrrole nitrogens is 1. The monoisotopic (exact) mass is 326 g/mol. The van der Waals surface area contributed by atoms with E-state index >= 15 is 0 Å². The van der Waals surface area contributed by atoms with Crippen LogP contribution in [0.2, 0.25) is 5.02 Å². The maximum Gasteiger partial charge on any atom is 0.247 e. The van der Waals surface area contributed by atoms with Gasteiger partial charge in [-0.3, -0.25) is 0 Å². The molecule has 0 fully saturated rings. The number of pyridine rings is 1. The summed E-state index contributed by atoms with van der Waals surface area (Å²) in [7, 11) is 0. The molecule has 0 aliphatic carbocycles. The molecule has 0 aliphatic rings. The summed E-state index contributed by atoms with van der Waals surface area (Å²) in [5.41, 5.74) is 2.81. The van der Waals surface area contributed by atoms with Gasteiger partial charge >= 0.3 is 0 Å². The molecule has 3 aromatic heterocycles. The molecule has 0 bridgehead atoms. The van der Waals surface area contributed by atoms with Crippen molar-refractivity contribution < 1.29 is 9.51 Å². The Labute approximate surface area is 136 Å². The SMILES string of the molecule is O[C@@H](c1cn(-c2ccccc2)nn1)c1cc(Cl)cc2c[nH]c[n+]12. The minimum atomic E-state index is -0.936. The molecule has 4 rings (SSSR count). The van der Waals surface area contributed by atoms with E-state index in [9.17, 15) is 5.11 Å². The minimum Gasteiger partial charge on any atom is -0.378 e. The maximum absolute atomic E-state index is 10.7. The van der Waals surface area contributed by atoms with Crippen LogP contribution in [0.5, 0.6) is 0 Å². The lowest BCUT2D eigenvalue weighted by atomic mass is 10.1. The number of halogens is 1. The van der Waals surface area contributed by atoms with Crippen molar-refractivity contribution in [2.75, 3.05) is 0 Å². The van der Waals surface area contributed by atoms with Crippen LogP contribution in [0.3, 0.4) is 0 Å². The van der Waals surface area contributed by atoms with E-state index in [0.29, 0.717) is 16.4 Å². The van der Waals surface area contributed by atoms with Gasteiger partial charge in [-0.1, -0.05) is 35.0 Å². The third kappa shape index (κ3) is 2.48. The molecule has 1 aromatic carbocycles. The molecule has 23 heavy (non-hydrogen) atoms. The van der Waals surface area contributed by atoms with Crippen molar-refractivity contribution in [2.24, 2.45) is 0 Å². The van der Waals surface area contributed by atoms with Crippen LogP contribution in [-0.4, -0.2) is 25.1 Å². The fraction of sp³-hybridized carbons (Fsp3) is 0.0625. The van der Waals surface area contributed by atoms with E-state index in [4.69, 9.17) is 11.6 Å². The number of hydrogen-bond donors (Lipinski definition) is 2. The molecule has 4 aromatic rings. The van der Waals surface area contributed by atoms with Crippen LogP contribution < -0.4 is 4.40 Å². The second kappa shape index (κ2) is 5.49. The third-order valence-electron chi connectivity index (χ3n) is 3.65. The third-order valence-corrected chi connectivity index (χ3v) is 3.87.